The second-order valence-electron chi connectivity index (χ2n) is 10.3. The van der Waals surface area contributed by atoms with Gasteiger partial charge in [-0.15, -0.1) is 0 Å². The summed E-state index contributed by atoms with van der Waals surface area (Å²) in [6.45, 7) is 9.40. The van der Waals surface area contributed by atoms with Gasteiger partial charge in [-0.1, -0.05) is 25.2 Å². The standard InChI is InChI=1S/C30H33N7O2S/c1-4-35(5-2)23-14-16-36(18-23)29(39)20-8-10-22(11-9-20)37-27-24(26(34-37)21-7-6-15-31-17-21)12-13-25-28(27)40-30(33-25)32-19(3)38/h6-11,15,17,23H,4-5,12-14,16,18H2,1-3H3,(H,32,33,38). The Labute approximate surface area is 237 Å². The fraction of sp³-hybridized carbons (Fsp3) is 0.367. The molecule has 206 valence electrons. The second-order valence-corrected chi connectivity index (χ2v) is 11.3. The Hall–Kier alpha value is -3.89. The fourth-order valence-electron chi connectivity index (χ4n) is 5.89. The van der Waals surface area contributed by atoms with Gasteiger partial charge in [-0.25, -0.2) is 9.67 Å². The molecule has 4 aromatic rings. The molecule has 2 amide bonds. The van der Waals surface area contributed by atoms with Crippen molar-refractivity contribution in [2.45, 2.75) is 46.1 Å². The molecule has 1 N–H and O–H groups in total. The number of likely N-dealkylation sites (N-methyl/N-ethyl adjacent to an activating group) is 1. The highest BCUT2D eigenvalue weighted by atomic mass is 32.1. The van der Waals surface area contributed by atoms with Crippen LogP contribution < -0.4 is 5.32 Å². The minimum atomic E-state index is -0.141. The molecule has 40 heavy (non-hydrogen) atoms. The number of carbonyl (C=O) groups is 2. The molecule has 1 aromatic carbocycles. The molecule has 10 heteroatoms. The van der Waals surface area contributed by atoms with E-state index in [4.69, 9.17) is 10.1 Å². The monoisotopic (exact) mass is 555 g/mol. The molecule has 1 aliphatic heterocycles. The molecular weight excluding hydrogens is 522 g/mol. The molecule has 0 saturated carbocycles. The maximum Gasteiger partial charge on any atom is 0.253 e. The molecule has 0 bridgehead atoms. The van der Waals surface area contributed by atoms with Crippen molar-refractivity contribution in [3.63, 3.8) is 0 Å². The van der Waals surface area contributed by atoms with Crippen LogP contribution >= 0.6 is 11.3 Å². The minimum absolute atomic E-state index is 0.0736. The van der Waals surface area contributed by atoms with E-state index in [2.05, 4.69) is 29.0 Å². The third kappa shape index (κ3) is 4.82. The zero-order valence-corrected chi connectivity index (χ0v) is 23.9. The summed E-state index contributed by atoms with van der Waals surface area (Å²) in [5, 5.41) is 8.50. The number of anilines is 1. The van der Waals surface area contributed by atoms with Crippen molar-refractivity contribution in [1.29, 1.82) is 0 Å². The Morgan fingerprint density at radius 1 is 1.12 bits per heavy atom. The topological polar surface area (TPSA) is 96.3 Å². The first-order valence-electron chi connectivity index (χ1n) is 13.9. The number of hydrogen-bond donors (Lipinski definition) is 1. The number of amides is 2. The van der Waals surface area contributed by atoms with Gasteiger partial charge in [-0.2, -0.15) is 5.10 Å². The van der Waals surface area contributed by atoms with Gasteiger partial charge in [-0.3, -0.25) is 19.5 Å². The zero-order chi connectivity index (χ0) is 27.8. The van der Waals surface area contributed by atoms with E-state index in [0.717, 1.165) is 84.2 Å². The van der Waals surface area contributed by atoms with Crippen molar-refractivity contribution in [1.82, 2.24) is 29.5 Å². The lowest BCUT2D eigenvalue weighted by atomic mass is 9.95. The van der Waals surface area contributed by atoms with Crippen LogP contribution in [0.25, 0.3) is 27.5 Å². The third-order valence-corrected chi connectivity index (χ3v) is 8.88. The van der Waals surface area contributed by atoms with Crippen molar-refractivity contribution >= 4 is 28.3 Å². The number of nitrogens with zero attached hydrogens (tertiary/aromatic N) is 6. The van der Waals surface area contributed by atoms with E-state index in [0.29, 0.717) is 16.7 Å². The maximum absolute atomic E-state index is 13.4. The van der Waals surface area contributed by atoms with Crippen LogP contribution in [-0.4, -0.2) is 73.6 Å². The lowest BCUT2D eigenvalue weighted by Crippen LogP contribution is -2.38. The molecule has 3 aromatic heterocycles. The largest absolute Gasteiger partial charge is 0.337 e. The number of likely N-dealkylation sites (tertiary alicyclic amines) is 1. The average molecular weight is 556 g/mol. The van der Waals surface area contributed by atoms with Gasteiger partial charge in [0, 0.05) is 55.1 Å². The molecule has 1 saturated heterocycles. The van der Waals surface area contributed by atoms with Gasteiger partial charge in [0.2, 0.25) is 5.91 Å². The van der Waals surface area contributed by atoms with Crippen molar-refractivity contribution in [2.75, 3.05) is 31.5 Å². The van der Waals surface area contributed by atoms with Crippen molar-refractivity contribution in [3.05, 3.63) is 65.6 Å². The summed E-state index contributed by atoms with van der Waals surface area (Å²) < 4.78 is 1.95. The van der Waals surface area contributed by atoms with E-state index in [1.807, 2.05) is 52.2 Å². The molecule has 4 heterocycles. The number of benzene rings is 1. The van der Waals surface area contributed by atoms with Gasteiger partial charge >= 0.3 is 0 Å². The molecule has 0 radical (unpaired) electrons. The first-order chi connectivity index (χ1) is 19.5. The number of carbonyl (C=O) groups excluding carboxylic acids is 2. The van der Waals surface area contributed by atoms with Gasteiger partial charge in [0.1, 0.15) is 0 Å². The third-order valence-electron chi connectivity index (χ3n) is 7.86. The van der Waals surface area contributed by atoms with Crippen LogP contribution in [0.15, 0.2) is 48.8 Å². The summed E-state index contributed by atoms with van der Waals surface area (Å²) in [6.07, 6.45) is 6.17. The number of rotatable bonds is 7. The number of hydrogen-bond acceptors (Lipinski definition) is 7. The van der Waals surface area contributed by atoms with E-state index >= 15 is 0 Å². The number of fused-ring (bicyclic) bond motifs is 3. The Bertz CT molecular complexity index is 1540. The van der Waals surface area contributed by atoms with E-state index in [1.54, 1.807) is 6.20 Å². The SMILES string of the molecule is CCN(CC)C1CCN(C(=O)c2ccc(-n3nc(-c4cccnc4)c4c3-c3sc(NC(C)=O)nc3CC4)cc2)C1. The van der Waals surface area contributed by atoms with Crippen LogP contribution in [0.3, 0.4) is 0 Å². The van der Waals surface area contributed by atoms with Gasteiger partial charge < -0.3 is 10.2 Å². The predicted molar refractivity (Wildman–Crippen MR) is 157 cm³/mol. The second kappa shape index (κ2) is 10.9. The number of pyridine rings is 1. The molecule has 1 aliphatic carbocycles. The Kier molecular flexibility index (Phi) is 7.20. The predicted octanol–water partition coefficient (Wildman–Crippen LogP) is 4.67. The van der Waals surface area contributed by atoms with E-state index in [9.17, 15) is 9.59 Å². The summed E-state index contributed by atoms with van der Waals surface area (Å²) in [5.74, 6) is -0.0676. The summed E-state index contributed by atoms with van der Waals surface area (Å²) in [5.41, 5.74) is 6.48. The van der Waals surface area contributed by atoms with E-state index < -0.39 is 0 Å². The molecule has 1 atom stereocenters. The Balaban J connectivity index is 1.35. The number of nitrogens with one attached hydrogen (secondary N) is 1. The molecule has 9 nitrogen and oxygen atoms in total. The van der Waals surface area contributed by atoms with Crippen molar-refractivity contribution < 1.29 is 9.59 Å². The first kappa shape index (κ1) is 26.3. The molecule has 0 spiro atoms. The summed E-state index contributed by atoms with van der Waals surface area (Å²) >= 11 is 1.47. The van der Waals surface area contributed by atoms with Gasteiger partial charge in [-0.05, 0) is 68.8 Å². The van der Waals surface area contributed by atoms with Crippen LogP contribution in [-0.2, 0) is 17.6 Å². The molecule has 1 unspecified atom stereocenters. The van der Waals surface area contributed by atoms with Gasteiger partial charge in [0.15, 0.2) is 5.13 Å². The number of aryl methyl sites for hydroxylation is 1. The lowest BCUT2D eigenvalue weighted by molar-refractivity contribution is -0.114. The van der Waals surface area contributed by atoms with Gasteiger partial charge in [0.25, 0.3) is 5.91 Å². The quantitative estimate of drug-likeness (QED) is 0.356. The summed E-state index contributed by atoms with van der Waals surface area (Å²) in [6, 6.07) is 12.1. The smallest absolute Gasteiger partial charge is 0.253 e. The number of aromatic nitrogens is 4. The van der Waals surface area contributed by atoms with Gasteiger partial charge in [0.05, 0.1) is 27.6 Å². The molecular formula is C30H33N7O2S. The first-order valence-corrected chi connectivity index (χ1v) is 14.7. The molecule has 1 fully saturated rings. The summed E-state index contributed by atoms with van der Waals surface area (Å²) in [7, 11) is 0. The van der Waals surface area contributed by atoms with E-state index in [-0.39, 0.29) is 11.8 Å². The van der Waals surface area contributed by atoms with Crippen molar-refractivity contribution in [3.8, 4) is 27.5 Å². The van der Waals surface area contributed by atoms with Crippen LogP contribution in [0.1, 0.15) is 48.8 Å². The van der Waals surface area contributed by atoms with Crippen LogP contribution in [0, 0.1) is 0 Å². The highest BCUT2D eigenvalue weighted by Gasteiger charge is 2.31. The highest BCUT2D eigenvalue weighted by Crippen LogP contribution is 2.44. The van der Waals surface area contributed by atoms with E-state index in [1.165, 1.54) is 18.3 Å². The van der Waals surface area contributed by atoms with Crippen LogP contribution in [0.2, 0.25) is 0 Å². The summed E-state index contributed by atoms with van der Waals surface area (Å²) in [4.78, 5) is 39.5. The normalized spacial score (nSPS) is 16.2. The van der Waals surface area contributed by atoms with Crippen LogP contribution in [0.4, 0.5) is 5.13 Å². The molecule has 6 rings (SSSR count). The number of thiazole rings is 1. The van der Waals surface area contributed by atoms with Crippen LogP contribution in [0.5, 0.6) is 0 Å². The lowest BCUT2D eigenvalue weighted by Gasteiger charge is -2.26. The fourth-order valence-corrected chi connectivity index (χ4v) is 7.00. The van der Waals surface area contributed by atoms with Crippen molar-refractivity contribution in [2.24, 2.45) is 0 Å². The highest BCUT2D eigenvalue weighted by molar-refractivity contribution is 7.19. The molecule has 2 aliphatic rings. The average Bonchev–Trinajstić information content (AvgIpc) is 3.70. The minimum Gasteiger partial charge on any atom is -0.337 e. The zero-order valence-electron chi connectivity index (χ0n) is 23.1. The Morgan fingerprint density at radius 2 is 1.93 bits per heavy atom. The maximum atomic E-state index is 13.4. The Morgan fingerprint density at radius 3 is 2.62 bits per heavy atom.